The van der Waals surface area contributed by atoms with Gasteiger partial charge in [-0.05, 0) is 17.9 Å². The lowest BCUT2D eigenvalue weighted by atomic mass is 10.1. The van der Waals surface area contributed by atoms with Crippen molar-refractivity contribution in [2.24, 2.45) is 4.99 Å². The Morgan fingerprint density at radius 1 is 1.39 bits per heavy atom. The maximum Gasteiger partial charge on any atom is 0.106 e. The Morgan fingerprint density at radius 2 is 2.06 bits per heavy atom. The van der Waals surface area contributed by atoms with Crippen molar-refractivity contribution in [2.75, 3.05) is 0 Å². The van der Waals surface area contributed by atoms with Crippen LogP contribution in [0.15, 0.2) is 40.9 Å². The molecule has 1 N–H and O–H groups in total. The van der Waals surface area contributed by atoms with Crippen LogP contribution in [0.5, 0.6) is 0 Å². The summed E-state index contributed by atoms with van der Waals surface area (Å²) in [6, 6.07) is 8.32. The van der Waals surface area contributed by atoms with E-state index in [1.165, 1.54) is 11.1 Å². The highest BCUT2D eigenvalue weighted by Gasteiger charge is 1.89. The monoisotopic (exact) mass is 266 g/mol. The number of benzene rings is 1. The van der Waals surface area contributed by atoms with Crippen molar-refractivity contribution in [1.29, 1.82) is 0 Å². The first-order valence-electron chi connectivity index (χ1n) is 5.71. The number of aliphatic imine (C=N–C) groups is 1. The van der Waals surface area contributed by atoms with Crippen LogP contribution in [0.4, 0.5) is 0 Å². The Labute approximate surface area is 115 Å². The van der Waals surface area contributed by atoms with Gasteiger partial charge in [0.05, 0.1) is 12.9 Å². The van der Waals surface area contributed by atoms with Crippen LogP contribution in [0, 0.1) is 6.92 Å². The fourth-order valence-corrected chi connectivity index (χ4v) is 1.19. The Balaban J connectivity index is 0. The van der Waals surface area contributed by atoms with Crippen molar-refractivity contribution < 1.29 is 4.79 Å². The van der Waals surface area contributed by atoms with Crippen molar-refractivity contribution in [3.8, 4) is 0 Å². The molecule has 0 fully saturated rings. The average molecular weight is 266 g/mol. The Morgan fingerprint density at radius 3 is 2.61 bits per heavy atom. The van der Waals surface area contributed by atoms with Gasteiger partial charge >= 0.3 is 0 Å². The first-order chi connectivity index (χ1) is 8.83. The summed E-state index contributed by atoms with van der Waals surface area (Å²) >= 11 is 3.90. The number of rotatable bonds is 4. The zero-order valence-electron chi connectivity index (χ0n) is 11.3. The van der Waals surface area contributed by atoms with Gasteiger partial charge in [-0.3, -0.25) is 4.99 Å². The molecule has 100 valence electrons. The molecule has 18 heavy (non-hydrogen) atoms. The summed E-state index contributed by atoms with van der Waals surface area (Å²) < 4.78 is 0. The van der Waals surface area contributed by atoms with Gasteiger partial charge in [-0.2, -0.15) is 0 Å². The normalized spacial score (nSPS) is 9.33. The van der Waals surface area contributed by atoms with Crippen LogP contribution in [-0.2, 0) is 11.3 Å². The van der Waals surface area contributed by atoms with Gasteiger partial charge < -0.3 is 10.1 Å². The van der Waals surface area contributed by atoms with E-state index < -0.39 is 0 Å². The third-order valence-electron chi connectivity index (χ3n) is 1.69. The van der Waals surface area contributed by atoms with Crippen LogP contribution in [0.2, 0.25) is 0 Å². The topological polar surface area (TPSA) is 41.5 Å². The third kappa shape index (κ3) is 11.0. The minimum atomic E-state index is 0.703. The number of thiol groups is 1. The molecule has 0 unspecified atom stereocenters. The second-order valence-electron chi connectivity index (χ2n) is 2.94. The summed E-state index contributed by atoms with van der Waals surface area (Å²) in [5.74, 6) is 0. The molecule has 0 bridgehead atoms. The quantitative estimate of drug-likeness (QED) is 0.498. The molecule has 0 spiro atoms. The van der Waals surface area contributed by atoms with Gasteiger partial charge in [0.15, 0.2) is 0 Å². The van der Waals surface area contributed by atoms with E-state index in [4.69, 9.17) is 4.79 Å². The fraction of sp³-hybridized carbons (Fsp3) is 0.286. The number of carbonyl (C=O) groups is 1. The van der Waals surface area contributed by atoms with Crippen LogP contribution >= 0.6 is 12.6 Å². The van der Waals surface area contributed by atoms with Crippen molar-refractivity contribution in [3.63, 3.8) is 0 Å². The van der Waals surface area contributed by atoms with Crippen LogP contribution in [0.3, 0.4) is 0 Å². The molecule has 0 atom stereocenters. The van der Waals surface area contributed by atoms with Crippen LogP contribution in [0.25, 0.3) is 0 Å². The van der Waals surface area contributed by atoms with E-state index in [-0.39, 0.29) is 0 Å². The van der Waals surface area contributed by atoms with E-state index in [9.17, 15) is 0 Å². The predicted molar refractivity (Wildman–Crippen MR) is 83.1 cm³/mol. The van der Waals surface area contributed by atoms with E-state index in [2.05, 4.69) is 48.1 Å². The molecule has 0 aliphatic heterocycles. The maximum atomic E-state index is 8.00. The summed E-state index contributed by atoms with van der Waals surface area (Å²) in [5.41, 5.74) is 2.49. The molecule has 0 aliphatic rings. The van der Waals surface area contributed by atoms with Crippen molar-refractivity contribution >= 4 is 25.8 Å². The number of carbonyl (C=O) groups excluding carboxylic acids is 1. The molecule has 0 heterocycles. The molecule has 4 heteroatoms. The highest BCUT2D eigenvalue weighted by atomic mass is 32.1. The lowest BCUT2D eigenvalue weighted by molar-refractivity contribution is -0.0979. The molecule has 0 saturated heterocycles. The predicted octanol–water partition coefficient (Wildman–Crippen LogP) is 3.36. The smallest absolute Gasteiger partial charge is 0.106 e. The highest BCUT2D eigenvalue weighted by molar-refractivity contribution is 7.83. The first kappa shape index (κ1) is 18.8. The molecule has 3 nitrogen and oxygen atoms in total. The molecule has 0 amide bonds. The summed E-state index contributed by atoms with van der Waals surface area (Å²) in [6.07, 6.45) is 3.37. The second kappa shape index (κ2) is 15.4. The van der Waals surface area contributed by atoms with Gasteiger partial charge in [0, 0.05) is 6.20 Å². The fourth-order valence-electron chi connectivity index (χ4n) is 1.10. The zero-order chi connectivity index (χ0) is 14.2. The number of hydrogen-bond acceptors (Lipinski definition) is 3. The standard InChI is InChI=1S/C11H14N2S.C2H6.CH2O/c1-10-3-2-4-11(7-10)8-13-9-12-5-6-14;2*1-2/h2-7,9,14H,8H2,1H3,(H,12,13);1-2H3;1H2/b6-5-;;. The lowest BCUT2D eigenvalue weighted by Crippen LogP contribution is -1.99. The maximum absolute atomic E-state index is 8.00. The van der Waals surface area contributed by atoms with E-state index in [0.717, 1.165) is 0 Å². The SMILES string of the molecule is C=O.CC.Cc1cccc(CN=CN/C=C\S)c1. The summed E-state index contributed by atoms with van der Waals surface area (Å²) in [7, 11) is 0. The lowest BCUT2D eigenvalue weighted by Gasteiger charge is -1.97. The number of nitrogens with one attached hydrogen (secondary N) is 1. The molecule has 0 aliphatic carbocycles. The van der Waals surface area contributed by atoms with Gasteiger partial charge in [-0.25, -0.2) is 0 Å². The van der Waals surface area contributed by atoms with Gasteiger partial charge in [0.1, 0.15) is 6.79 Å². The molecule has 0 saturated carbocycles. The first-order valence-corrected chi connectivity index (χ1v) is 6.22. The number of aryl methyl sites for hydroxylation is 1. The summed E-state index contributed by atoms with van der Waals surface area (Å²) in [5, 5.41) is 4.50. The number of nitrogens with zero attached hydrogens (tertiary/aromatic N) is 1. The molecular weight excluding hydrogens is 244 g/mol. The minimum absolute atomic E-state index is 0.703. The van der Waals surface area contributed by atoms with Crippen molar-refractivity contribution in [2.45, 2.75) is 27.3 Å². The van der Waals surface area contributed by atoms with Gasteiger partial charge in [0.2, 0.25) is 0 Å². The second-order valence-corrected chi connectivity index (χ2v) is 3.24. The van der Waals surface area contributed by atoms with E-state index >= 15 is 0 Å². The van der Waals surface area contributed by atoms with E-state index in [1.54, 1.807) is 17.9 Å². The summed E-state index contributed by atoms with van der Waals surface area (Å²) in [4.78, 5) is 12.2. The van der Waals surface area contributed by atoms with Crippen molar-refractivity contribution in [3.05, 3.63) is 47.0 Å². The van der Waals surface area contributed by atoms with Crippen LogP contribution in [-0.4, -0.2) is 13.1 Å². The highest BCUT2D eigenvalue weighted by Crippen LogP contribution is 2.04. The Hall–Kier alpha value is -1.55. The van der Waals surface area contributed by atoms with Crippen LogP contribution < -0.4 is 5.32 Å². The van der Waals surface area contributed by atoms with E-state index in [1.807, 2.05) is 26.7 Å². The molecule has 1 rings (SSSR count). The molecule has 1 aromatic carbocycles. The average Bonchev–Trinajstić information content (AvgIpc) is 2.43. The van der Waals surface area contributed by atoms with E-state index in [0.29, 0.717) is 6.54 Å². The molecular formula is C14H22N2OS. The van der Waals surface area contributed by atoms with Gasteiger partial charge in [-0.15, -0.1) is 12.6 Å². The Kier molecular flexibility index (Phi) is 16.1. The summed E-state index contributed by atoms with van der Waals surface area (Å²) in [6.45, 7) is 8.78. The number of hydrogen-bond donors (Lipinski definition) is 2. The third-order valence-corrected chi connectivity index (χ3v) is 1.84. The van der Waals surface area contributed by atoms with Gasteiger partial charge in [-0.1, -0.05) is 43.7 Å². The molecule has 0 aromatic heterocycles. The van der Waals surface area contributed by atoms with Gasteiger partial charge in [0.25, 0.3) is 0 Å². The molecule has 1 aromatic rings. The Bertz CT molecular complexity index is 351. The van der Waals surface area contributed by atoms with Crippen LogP contribution in [0.1, 0.15) is 25.0 Å². The largest absolute Gasteiger partial charge is 0.353 e. The zero-order valence-corrected chi connectivity index (χ0v) is 12.2. The minimum Gasteiger partial charge on any atom is -0.353 e. The van der Waals surface area contributed by atoms with Crippen molar-refractivity contribution in [1.82, 2.24) is 5.32 Å². The molecule has 0 radical (unpaired) electrons.